The maximum absolute atomic E-state index is 12.9. The number of carbonyl (C=O) groups excluding carboxylic acids is 1. The Kier molecular flexibility index (Phi) is 6.15. The van der Waals surface area contributed by atoms with E-state index >= 15 is 0 Å². The highest BCUT2D eigenvalue weighted by Crippen LogP contribution is 2.30. The molecular weight excluding hydrogens is 389 g/mol. The normalized spacial score (nSPS) is 22.9. The number of nitrogens with two attached hydrogens (primary N) is 1. The van der Waals surface area contributed by atoms with Crippen molar-refractivity contribution in [1.82, 2.24) is 15.7 Å². The monoisotopic (exact) mass is 412 g/mol. The molecule has 1 aromatic carbocycles. The van der Waals surface area contributed by atoms with Crippen LogP contribution in [0.1, 0.15) is 41.0 Å². The van der Waals surface area contributed by atoms with E-state index in [-0.39, 0.29) is 18.3 Å². The molecule has 3 rings (SSSR count). The van der Waals surface area contributed by atoms with Gasteiger partial charge >= 0.3 is 6.18 Å². The van der Waals surface area contributed by atoms with Crippen LogP contribution in [0.15, 0.2) is 41.8 Å². The second-order valence-electron chi connectivity index (χ2n) is 6.74. The number of fused-ring (bicyclic) bond motifs is 1. The van der Waals surface area contributed by atoms with Crippen LogP contribution < -0.4 is 16.5 Å². The van der Waals surface area contributed by atoms with Crippen LogP contribution in [0.4, 0.5) is 13.2 Å². The smallest absolute Gasteiger partial charge is 0.430 e. The van der Waals surface area contributed by atoms with E-state index in [9.17, 15) is 18.0 Å². The Morgan fingerprint density at radius 3 is 2.83 bits per heavy atom. The lowest BCUT2D eigenvalue weighted by molar-refractivity contribution is -0.224. The number of benzene rings is 1. The van der Waals surface area contributed by atoms with Gasteiger partial charge in [0.2, 0.25) is 6.23 Å². The lowest BCUT2D eigenvalue weighted by atomic mass is 10.0. The maximum atomic E-state index is 12.9. The summed E-state index contributed by atoms with van der Waals surface area (Å²) < 4.78 is 43.4. The number of alkyl halides is 3. The standard InChI is InChI=1S/C19H23F3N4O3/c1-3-4-5-13(15(23)28-2)10-26-9-12-7-6-11(8-14(12)17(26)27)16-24-18(29-25-16)19(20,21)22/h4-8,16,18,24-25H,3,9-10,23H2,1-2H3/b5-4-,15-13-. The molecule has 2 aliphatic heterocycles. The van der Waals surface area contributed by atoms with Crippen molar-refractivity contribution >= 4 is 5.91 Å². The Hall–Kier alpha value is -2.56. The van der Waals surface area contributed by atoms with E-state index in [0.717, 1.165) is 12.0 Å². The third-order valence-corrected chi connectivity index (χ3v) is 4.72. The summed E-state index contributed by atoms with van der Waals surface area (Å²) in [6, 6.07) is 4.98. The van der Waals surface area contributed by atoms with Crippen molar-refractivity contribution in [3.8, 4) is 0 Å². The average Bonchev–Trinajstić information content (AvgIpc) is 3.30. The van der Waals surface area contributed by atoms with Crippen LogP contribution in [0, 0.1) is 0 Å². The highest BCUT2D eigenvalue weighted by atomic mass is 19.4. The van der Waals surface area contributed by atoms with E-state index in [1.54, 1.807) is 23.1 Å². The summed E-state index contributed by atoms with van der Waals surface area (Å²) in [6.07, 6.45) is -2.98. The Balaban J connectivity index is 1.76. The fourth-order valence-electron chi connectivity index (χ4n) is 3.18. The van der Waals surface area contributed by atoms with Gasteiger partial charge in [0.1, 0.15) is 6.17 Å². The number of rotatable bonds is 6. The Morgan fingerprint density at radius 2 is 2.21 bits per heavy atom. The summed E-state index contributed by atoms with van der Waals surface area (Å²) in [4.78, 5) is 19.0. The molecule has 2 heterocycles. The van der Waals surface area contributed by atoms with Crippen molar-refractivity contribution in [1.29, 1.82) is 0 Å². The number of hydroxylamine groups is 1. The molecule has 0 bridgehead atoms. The summed E-state index contributed by atoms with van der Waals surface area (Å²) in [7, 11) is 1.46. The van der Waals surface area contributed by atoms with Crippen LogP contribution in [-0.4, -0.2) is 36.9 Å². The zero-order valence-corrected chi connectivity index (χ0v) is 16.0. The summed E-state index contributed by atoms with van der Waals surface area (Å²) in [6.45, 7) is 2.62. The highest BCUT2D eigenvalue weighted by Gasteiger charge is 2.46. The Morgan fingerprint density at radius 1 is 1.45 bits per heavy atom. The topological polar surface area (TPSA) is 88.9 Å². The molecule has 0 radical (unpaired) electrons. The van der Waals surface area contributed by atoms with E-state index in [1.165, 1.54) is 7.11 Å². The van der Waals surface area contributed by atoms with Gasteiger partial charge in [-0.2, -0.15) is 18.7 Å². The molecular formula is C19H23F3N4O3. The van der Waals surface area contributed by atoms with Gasteiger partial charge in [-0.25, -0.2) is 0 Å². The summed E-state index contributed by atoms with van der Waals surface area (Å²) in [5.41, 5.74) is 10.6. The van der Waals surface area contributed by atoms with Crippen LogP contribution >= 0.6 is 0 Å². The van der Waals surface area contributed by atoms with Crippen molar-refractivity contribution in [2.75, 3.05) is 13.7 Å². The molecule has 7 nitrogen and oxygen atoms in total. The van der Waals surface area contributed by atoms with Crippen LogP contribution in [0.2, 0.25) is 0 Å². The van der Waals surface area contributed by atoms with Gasteiger partial charge in [0.15, 0.2) is 5.88 Å². The number of halogens is 3. The predicted octanol–water partition coefficient (Wildman–Crippen LogP) is 2.44. The third-order valence-electron chi connectivity index (χ3n) is 4.72. The minimum Gasteiger partial charge on any atom is -0.482 e. The largest absolute Gasteiger partial charge is 0.482 e. The van der Waals surface area contributed by atoms with E-state index in [1.807, 2.05) is 19.1 Å². The molecule has 1 aromatic rings. The van der Waals surface area contributed by atoms with Crippen LogP contribution in [-0.2, 0) is 16.1 Å². The average molecular weight is 412 g/mol. The van der Waals surface area contributed by atoms with Crippen molar-refractivity contribution in [2.24, 2.45) is 5.73 Å². The minimum atomic E-state index is -4.54. The minimum absolute atomic E-state index is 0.223. The van der Waals surface area contributed by atoms with E-state index in [0.29, 0.717) is 23.2 Å². The lowest BCUT2D eigenvalue weighted by Crippen LogP contribution is -2.39. The molecule has 1 fully saturated rings. The first kappa shape index (κ1) is 21.2. The lowest BCUT2D eigenvalue weighted by Gasteiger charge is -2.17. The maximum Gasteiger partial charge on any atom is 0.430 e. The number of carbonyl (C=O) groups is 1. The van der Waals surface area contributed by atoms with E-state index in [4.69, 9.17) is 10.5 Å². The summed E-state index contributed by atoms with van der Waals surface area (Å²) in [5.74, 6) is 0.00767. The Bertz CT molecular complexity index is 838. The number of allylic oxidation sites excluding steroid dienone is 1. The fourth-order valence-corrected chi connectivity index (χ4v) is 3.18. The van der Waals surface area contributed by atoms with Crippen LogP contribution in [0.5, 0.6) is 0 Å². The SMILES string of the molecule is CC/C=C\C(CN1Cc2ccc(C3NOC(C(F)(F)F)N3)cc2C1=O)=C(/N)OC. The molecule has 29 heavy (non-hydrogen) atoms. The van der Waals surface area contributed by atoms with Gasteiger partial charge < -0.3 is 15.4 Å². The highest BCUT2D eigenvalue weighted by molar-refractivity contribution is 5.98. The quantitative estimate of drug-likeness (QED) is 0.491. The van der Waals surface area contributed by atoms with Crippen molar-refractivity contribution in [2.45, 2.75) is 38.5 Å². The number of methoxy groups -OCH3 is 1. The molecule has 1 amide bonds. The van der Waals surface area contributed by atoms with Crippen molar-refractivity contribution < 1.29 is 27.5 Å². The second kappa shape index (κ2) is 8.44. The van der Waals surface area contributed by atoms with Gasteiger partial charge in [-0.3, -0.25) is 14.9 Å². The molecule has 2 atom stereocenters. The van der Waals surface area contributed by atoms with E-state index < -0.39 is 18.6 Å². The van der Waals surface area contributed by atoms with Gasteiger partial charge in [-0.05, 0) is 23.6 Å². The number of nitrogens with one attached hydrogen (secondary N) is 2. The number of hydrogen-bond donors (Lipinski definition) is 3. The number of hydrogen-bond acceptors (Lipinski definition) is 6. The van der Waals surface area contributed by atoms with Crippen LogP contribution in [0.25, 0.3) is 0 Å². The van der Waals surface area contributed by atoms with Gasteiger partial charge in [-0.1, -0.05) is 31.2 Å². The third kappa shape index (κ3) is 4.55. The van der Waals surface area contributed by atoms with Gasteiger partial charge in [0.05, 0.1) is 13.7 Å². The molecule has 2 aliphatic rings. The first-order chi connectivity index (χ1) is 13.7. The Labute approximate surface area is 166 Å². The fraction of sp³-hybridized carbons (Fsp3) is 0.421. The number of ether oxygens (including phenoxy) is 1. The van der Waals surface area contributed by atoms with Gasteiger partial charge in [-0.15, -0.1) is 0 Å². The first-order valence-corrected chi connectivity index (χ1v) is 9.09. The number of amides is 1. The first-order valence-electron chi connectivity index (χ1n) is 9.09. The molecule has 0 aromatic heterocycles. The van der Waals surface area contributed by atoms with Crippen molar-refractivity contribution in [3.63, 3.8) is 0 Å². The predicted molar refractivity (Wildman–Crippen MR) is 98.8 cm³/mol. The number of nitrogens with zero attached hydrogens (tertiary/aromatic N) is 1. The summed E-state index contributed by atoms with van der Waals surface area (Å²) >= 11 is 0. The zero-order valence-electron chi connectivity index (χ0n) is 16.0. The summed E-state index contributed by atoms with van der Waals surface area (Å²) in [5, 5.41) is 2.31. The van der Waals surface area contributed by atoms with Crippen molar-refractivity contribution in [3.05, 3.63) is 58.5 Å². The molecule has 0 aliphatic carbocycles. The molecule has 158 valence electrons. The molecule has 1 saturated heterocycles. The molecule has 0 spiro atoms. The van der Waals surface area contributed by atoms with Gasteiger partial charge in [0, 0.05) is 17.7 Å². The van der Waals surface area contributed by atoms with Gasteiger partial charge in [0.25, 0.3) is 5.91 Å². The van der Waals surface area contributed by atoms with Crippen LogP contribution in [0.3, 0.4) is 0 Å². The van der Waals surface area contributed by atoms with E-state index in [2.05, 4.69) is 15.6 Å². The zero-order chi connectivity index (χ0) is 21.2. The molecule has 0 saturated carbocycles. The second-order valence-corrected chi connectivity index (χ2v) is 6.74. The molecule has 4 N–H and O–H groups in total. The molecule has 10 heteroatoms. The molecule has 2 unspecified atom stereocenters.